The first-order valence-corrected chi connectivity index (χ1v) is 8.13. The zero-order chi connectivity index (χ0) is 14.5. The third-order valence-electron chi connectivity index (χ3n) is 4.12. The number of nitrogens with zero attached hydrogens (tertiary/aromatic N) is 1. The van der Waals surface area contributed by atoms with Crippen molar-refractivity contribution < 1.29 is 4.74 Å². The number of hydrogen-bond donors (Lipinski definition) is 2. The molecule has 1 aromatic rings. The second kappa shape index (κ2) is 6.83. The van der Waals surface area contributed by atoms with Crippen LogP contribution in [0, 0.1) is 5.92 Å². The molecule has 2 N–H and O–H groups in total. The number of nitrogens with one attached hydrogen (secondary N) is 2. The van der Waals surface area contributed by atoms with Crippen molar-refractivity contribution in [2.45, 2.75) is 38.6 Å². The molecule has 1 fully saturated rings. The van der Waals surface area contributed by atoms with Crippen LogP contribution in [0.4, 0.5) is 0 Å². The van der Waals surface area contributed by atoms with Gasteiger partial charge in [0.2, 0.25) is 0 Å². The molecule has 4 heteroatoms. The van der Waals surface area contributed by atoms with Crippen LogP contribution in [0.5, 0.6) is 5.75 Å². The molecule has 1 atom stereocenters. The second-order valence-electron chi connectivity index (χ2n) is 5.86. The van der Waals surface area contributed by atoms with Gasteiger partial charge in [0.1, 0.15) is 5.75 Å². The highest BCUT2D eigenvalue weighted by Crippen LogP contribution is 2.32. The van der Waals surface area contributed by atoms with E-state index in [1.807, 2.05) is 12.1 Å². The van der Waals surface area contributed by atoms with Gasteiger partial charge in [0.25, 0.3) is 0 Å². The molecule has 1 aliphatic heterocycles. The Labute approximate surface area is 127 Å². The molecule has 21 heavy (non-hydrogen) atoms. The van der Waals surface area contributed by atoms with Crippen LogP contribution in [0.3, 0.4) is 0 Å². The summed E-state index contributed by atoms with van der Waals surface area (Å²) in [7, 11) is 0. The van der Waals surface area contributed by atoms with Gasteiger partial charge in [-0.3, -0.25) is 4.99 Å². The van der Waals surface area contributed by atoms with E-state index in [-0.39, 0.29) is 6.04 Å². The normalized spacial score (nSPS) is 21.4. The van der Waals surface area contributed by atoms with Crippen molar-refractivity contribution in [1.29, 1.82) is 0 Å². The van der Waals surface area contributed by atoms with Gasteiger partial charge in [-0.2, -0.15) is 0 Å². The maximum Gasteiger partial charge on any atom is 0.191 e. The van der Waals surface area contributed by atoms with Gasteiger partial charge in [0.05, 0.1) is 12.6 Å². The molecule has 4 nitrogen and oxygen atoms in total. The minimum Gasteiger partial charge on any atom is -0.493 e. The van der Waals surface area contributed by atoms with Crippen molar-refractivity contribution >= 4 is 5.96 Å². The zero-order valence-corrected chi connectivity index (χ0v) is 12.8. The van der Waals surface area contributed by atoms with E-state index < -0.39 is 0 Å². The smallest absolute Gasteiger partial charge is 0.191 e. The molecule has 1 heterocycles. The van der Waals surface area contributed by atoms with E-state index in [1.54, 1.807) is 0 Å². The number of rotatable bonds is 5. The van der Waals surface area contributed by atoms with Crippen LogP contribution in [-0.2, 0) is 0 Å². The Morgan fingerprint density at radius 1 is 1.29 bits per heavy atom. The number of aliphatic imine (C=N–C) groups is 1. The molecule has 0 radical (unpaired) electrons. The van der Waals surface area contributed by atoms with Gasteiger partial charge in [-0.05, 0) is 25.3 Å². The predicted octanol–water partition coefficient (Wildman–Crippen LogP) is 2.87. The summed E-state index contributed by atoms with van der Waals surface area (Å²) in [6.07, 6.45) is 4.99. The van der Waals surface area contributed by atoms with E-state index in [0.717, 1.165) is 43.7 Å². The lowest BCUT2D eigenvalue weighted by Crippen LogP contribution is -2.41. The Balaban J connectivity index is 1.64. The summed E-state index contributed by atoms with van der Waals surface area (Å²) in [5, 5.41) is 6.92. The van der Waals surface area contributed by atoms with Crippen LogP contribution >= 0.6 is 0 Å². The van der Waals surface area contributed by atoms with E-state index in [2.05, 4.69) is 29.7 Å². The Hall–Kier alpha value is -1.71. The average molecular weight is 287 g/mol. The van der Waals surface area contributed by atoms with E-state index >= 15 is 0 Å². The first-order chi connectivity index (χ1) is 10.4. The summed E-state index contributed by atoms with van der Waals surface area (Å²) < 4.78 is 5.72. The Morgan fingerprint density at radius 3 is 2.95 bits per heavy atom. The number of ether oxygens (including phenoxy) is 1. The summed E-state index contributed by atoms with van der Waals surface area (Å²) in [5.41, 5.74) is 1.23. The van der Waals surface area contributed by atoms with Crippen LogP contribution in [0.15, 0.2) is 29.3 Å². The first-order valence-electron chi connectivity index (χ1n) is 8.13. The number of para-hydroxylation sites is 1. The van der Waals surface area contributed by atoms with Crippen molar-refractivity contribution in [3.63, 3.8) is 0 Å². The number of fused-ring (bicyclic) bond motifs is 1. The molecule has 1 aromatic carbocycles. The Bertz CT molecular complexity index is 497. The molecule has 3 rings (SSSR count). The van der Waals surface area contributed by atoms with Crippen LogP contribution in [0.1, 0.15) is 44.2 Å². The van der Waals surface area contributed by atoms with E-state index in [9.17, 15) is 0 Å². The minimum absolute atomic E-state index is 0.286. The predicted molar refractivity (Wildman–Crippen MR) is 85.8 cm³/mol. The lowest BCUT2D eigenvalue weighted by molar-refractivity contribution is 0.261. The second-order valence-corrected chi connectivity index (χ2v) is 5.86. The Kier molecular flexibility index (Phi) is 4.63. The summed E-state index contributed by atoms with van der Waals surface area (Å²) in [5.74, 6) is 2.86. The topological polar surface area (TPSA) is 45.7 Å². The molecular weight excluding hydrogens is 262 g/mol. The average Bonchev–Trinajstić information content (AvgIpc) is 3.32. The van der Waals surface area contributed by atoms with Crippen LogP contribution in [0.25, 0.3) is 0 Å². The van der Waals surface area contributed by atoms with Gasteiger partial charge >= 0.3 is 0 Å². The largest absolute Gasteiger partial charge is 0.493 e. The van der Waals surface area contributed by atoms with Gasteiger partial charge in [-0.25, -0.2) is 0 Å². The minimum atomic E-state index is 0.286. The van der Waals surface area contributed by atoms with E-state index in [1.165, 1.54) is 24.8 Å². The first kappa shape index (κ1) is 14.2. The molecule has 0 aromatic heterocycles. The zero-order valence-electron chi connectivity index (χ0n) is 12.8. The number of hydrogen-bond acceptors (Lipinski definition) is 2. The highest BCUT2D eigenvalue weighted by Gasteiger charge is 2.22. The van der Waals surface area contributed by atoms with Gasteiger partial charge in [-0.15, -0.1) is 0 Å². The molecule has 114 valence electrons. The van der Waals surface area contributed by atoms with Crippen molar-refractivity contribution in [3.05, 3.63) is 29.8 Å². The number of benzene rings is 1. The quantitative estimate of drug-likeness (QED) is 0.646. The van der Waals surface area contributed by atoms with E-state index in [4.69, 9.17) is 9.73 Å². The van der Waals surface area contributed by atoms with E-state index in [0.29, 0.717) is 0 Å². The standard InChI is InChI=1S/C17H25N3O/c1-2-18-17(19-11-9-13-7-8-13)20-15-10-12-21-16-6-4-3-5-14(15)16/h3-6,13,15H,2,7-12H2,1H3,(H2,18,19,20). The Morgan fingerprint density at radius 2 is 2.14 bits per heavy atom. The van der Waals surface area contributed by atoms with Gasteiger partial charge < -0.3 is 15.4 Å². The maximum atomic E-state index is 5.72. The molecule has 1 saturated carbocycles. The van der Waals surface area contributed by atoms with Crippen molar-refractivity contribution in [1.82, 2.24) is 10.6 Å². The summed E-state index contributed by atoms with van der Waals surface area (Å²) >= 11 is 0. The summed E-state index contributed by atoms with van der Waals surface area (Å²) in [6.45, 7) is 4.68. The molecule has 1 aliphatic carbocycles. The third kappa shape index (κ3) is 3.90. The third-order valence-corrected chi connectivity index (χ3v) is 4.12. The van der Waals surface area contributed by atoms with Crippen molar-refractivity contribution in [2.24, 2.45) is 10.9 Å². The fourth-order valence-electron chi connectivity index (χ4n) is 2.74. The maximum absolute atomic E-state index is 5.72. The van der Waals surface area contributed by atoms with Crippen LogP contribution in [-0.4, -0.2) is 25.7 Å². The highest BCUT2D eigenvalue weighted by molar-refractivity contribution is 5.80. The highest BCUT2D eigenvalue weighted by atomic mass is 16.5. The van der Waals surface area contributed by atoms with Gasteiger partial charge in [0, 0.05) is 25.1 Å². The molecular formula is C17H25N3O. The summed E-state index contributed by atoms with van der Waals surface area (Å²) in [4.78, 5) is 4.71. The lowest BCUT2D eigenvalue weighted by atomic mass is 10.0. The van der Waals surface area contributed by atoms with Gasteiger partial charge in [-0.1, -0.05) is 31.0 Å². The summed E-state index contributed by atoms with van der Waals surface area (Å²) in [6, 6.07) is 8.56. The SMILES string of the molecule is CCNC(=NCCC1CC1)NC1CCOc2ccccc21. The molecule has 1 unspecified atom stereocenters. The van der Waals surface area contributed by atoms with Crippen LogP contribution in [0.2, 0.25) is 0 Å². The molecule has 0 spiro atoms. The fourth-order valence-corrected chi connectivity index (χ4v) is 2.74. The molecule has 0 amide bonds. The van der Waals surface area contributed by atoms with Crippen molar-refractivity contribution in [3.8, 4) is 5.75 Å². The molecule has 0 saturated heterocycles. The monoisotopic (exact) mass is 287 g/mol. The van der Waals surface area contributed by atoms with Crippen LogP contribution < -0.4 is 15.4 Å². The lowest BCUT2D eigenvalue weighted by Gasteiger charge is -2.28. The molecule has 0 bridgehead atoms. The number of guanidine groups is 1. The van der Waals surface area contributed by atoms with Gasteiger partial charge in [0.15, 0.2) is 5.96 Å². The molecule has 2 aliphatic rings. The van der Waals surface area contributed by atoms with Crippen molar-refractivity contribution in [2.75, 3.05) is 19.7 Å². The fraction of sp³-hybridized carbons (Fsp3) is 0.588.